The molecule has 0 spiro atoms. The lowest BCUT2D eigenvalue weighted by molar-refractivity contribution is -0.137. The summed E-state index contributed by atoms with van der Waals surface area (Å²) in [7, 11) is 0. The minimum absolute atomic E-state index is 0.149. The molecule has 2 nitrogen and oxygen atoms in total. The van der Waals surface area contributed by atoms with E-state index in [0.29, 0.717) is 17.9 Å². The maximum atomic E-state index is 11.4. The van der Waals surface area contributed by atoms with Gasteiger partial charge in [0.2, 0.25) is 0 Å². The van der Waals surface area contributed by atoms with E-state index in [1.807, 2.05) is 6.92 Å². The molecule has 2 atom stereocenters. The summed E-state index contributed by atoms with van der Waals surface area (Å²) in [5.41, 5.74) is 1.84. The Balaban J connectivity index is 2.05. The maximum Gasteiger partial charge on any atom is 0.330 e. The summed E-state index contributed by atoms with van der Waals surface area (Å²) in [5.74, 6) is 0.513. The summed E-state index contributed by atoms with van der Waals surface area (Å²) >= 11 is 0. The van der Waals surface area contributed by atoms with Gasteiger partial charge >= 0.3 is 5.97 Å². The highest BCUT2D eigenvalue weighted by atomic mass is 16.5. The lowest BCUT2D eigenvalue weighted by atomic mass is 9.53. The number of hydrogen-bond acceptors (Lipinski definition) is 2. The van der Waals surface area contributed by atoms with Gasteiger partial charge in [0.05, 0.1) is 6.61 Å². The topological polar surface area (TPSA) is 26.3 Å². The molecule has 2 rings (SSSR count). The van der Waals surface area contributed by atoms with Crippen molar-refractivity contribution in [2.24, 2.45) is 11.3 Å². The standard InChI is InChI=1S/C13H20O2/c1-3-15-12(14)9-10-5-4-7-13(2)8-6-11(10)13/h9,11H,3-8H2,1-2H3/b10-9+/t11?,13-/m0/s1. The van der Waals surface area contributed by atoms with E-state index in [2.05, 4.69) is 6.92 Å². The molecule has 0 bridgehead atoms. The van der Waals surface area contributed by atoms with Gasteiger partial charge in [-0.2, -0.15) is 0 Å². The molecule has 0 aliphatic heterocycles. The smallest absolute Gasteiger partial charge is 0.330 e. The maximum absolute atomic E-state index is 11.4. The quantitative estimate of drug-likeness (QED) is 0.515. The van der Waals surface area contributed by atoms with Crippen LogP contribution in [-0.2, 0) is 9.53 Å². The fraction of sp³-hybridized carbons (Fsp3) is 0.769. The number of ether oxygens (including phenoxy) is 1. The fourth-order valence-electron chi connectivity index (χ4n) is 3.09. The molecule has 0 aromatic heterocycles. The monoisotopic (exact) mass is 208 g/mol. The minimum atomic E-state index is -0.149. The Morgan fingerprint density at radius 2 is 2.40 bits per heavy atom. The molecule has 2 heteroatoms. The lowest BCUT2D eigenvalue weighted by Crippen LogP contribution is -2.41. The lowest BCUT2D eigenvalue weighted by Gasteiger charge is -2.52. The van der Waals surface area contributed by atoms with Crippen molar-refractivity contribution in [3.05, 3.63) is 11.6 Å². The predicted molar refractivity (Wildman–Crippen MR) is 59.4 cm³/mol. The second-order valence-corrected chi connectivity index (χ2v) is 5.07. The Kier molecular flexibility index (Phi) is 2.85. The Morgan fingerprint density at radius 1 is 1.60 bits per heavy atom. The van der Waals surface area contributed by atoms with Gasteiger partial charge in [0.25, 0.3) is 0 Å². The number of esters is 1. The molecule has 2 aliphatic carbocycles. The summed E-state index contributed by atoms with van der Waals surface area (Å²) in [6, 6.07) is 0. The SMILES string of the molecule is CCOC(=O)/C=C1\CCC[C@@]2(C)CCC12. The molecule has 0 aromatic rings. The van der Waals surface area contributed by atoms with Crippen LogP contribution in [0.2, 0.25) is 0 Å². The third-order valence-corrected chi connectivity index (χ3v) is 4.10. The van der Waals surface area contributed by atoms with Gasteiger partial charge in [-0.25, -0.2) is 4.79 Å². The molecule has 15 heavy (non-hydrogen) atoms. The summed E-state index contributed by atoms with van der Waals surface area (Å²) in [6.45, 7) is 4.69. The van der Waals surface area contributed by atoms with E-state index in [-0.39, 0.29) is 5.97 Å². The van der Waals surface area contributed by atoms with E-state index >= 15 is 0 Å². The van der Waals surface area contributed by atoms with E-state index in [1.165, 1.54) is 31.3 Å². The van der Waals surface area contributed by atoms with Crippen molar-refractivity contribution in [1.29, 1.82) is 0 Å². The van der Waals surface area contributed by atoms with Crippen LogP contribution in [0.15, 0.2) is 11.6 Å². The molecule has 1 unspecified atom stereocenters. The summed E-state index contributed by atoms with van der Waals surface area (Å²) in [5, 5.41) is 0. The number of hydrogen-bond donors (Lipinski definition) is 0. The fourth-order valence-corrected chi connectivity index (χ4v) is 3.09. The van der Waals surface area contributed by atoms with Crippen molar-refractivity contribution >= 4 is 5.97 Å². The normalized spacial score (nSPS) is 36.9. The van der Waals surface area contributed by atoms with E-state index in [4.69, 9.17) is 4.74 Å². The third kappa shape index (κ3) is 1.95. The van der Waals surface area contributed by atoms with E-state index in [0.717, 1.165) is 6.42 Å². The Hall–Kier alpha value is -0.790. The van der Waals surface area contributed by atoms with E-state index < -0.39 is 0 Å². The average Bonchev–Trinajstić information content (AvgIpc) is 2.14. The summed E-state index contributed by atoms with van der Waals surface area (Å²) in [6.07, 6.45) is 8.01. The second-order valence-electron chi connectivity index (χ2n) is 5.07. The van der Waals surface area contributed by atoms with E-state index in [9.17, 15) is 4.79 Å². The molecule has 0 amide bonds. The zero-order chi connectivity index (χ0) is 10.9. The first-order chi connectivity index (χ1) is 7.15. The van der Waals surface area contributed by atoms with Gasteiger partial charge < -0.3 is 4.74 Å². The molecule has 0 saturated heterocycles. The summed E-state index contributed by atoms with van der Waals surface area (Å²) in [4.78, 5) is 11.4. The van der Waals surface area contributed by atoms with Gasteiger partial charge in [0.1, 0.15) is 0 Å². The van der Waals surface area contributed by atoms with Gasteiger partial charge in [-0.15, -0.1) is 0 Å². The van der Waals surface area contributed by atoms with Gasteiger partial charge in [-0.1, -0.05) is 12.5 Å². The zero-order valence-electron chi connectivity index (χ0n) is 9.71. The Morgan fingerprint density at radius 3 is 3.00 bits per heavy atom. The van der Waals surface area contributed by atoms with Crippen LogP contribution >= 0.6 is 0 Å². The van der Waals surface area contributed by atoms with Crippen molar-refractivity contribution < 1.29 is 9.53 Å². The van der Waals surface area contributed by atoms with Gasteiger partial charge in [-0.3, -0.25) is 0 Å². The molecular weight excluding hydrogens is 188 g/mol. The number of carbonyl (C=O) groups is 1. The number of carbonyl (C=O) groups excluding carboxylic acids is 1. The van der Waals surface area contributed by atoms with E-state index in [1.54, 1.807) is 6.08 Å². The molecule has 0 aromatic carbocycles. The van der Waals surface area contributed by atoms with Crippen LogP contribution in [0.4, 0.5) is 0 Å². The first-order valence-corrected chi connectivity index (χ1v) is 6.03. The second kappa shape index (κ2) is 3.99. The van der Waals surface area contributed by atoms with Crippen LogP contribution < -0.4 is 0 Å². The molecule has 2 fully saturated rings. The average molecular weight is 208 g/mol. The van der Waals surface area contributed by atoms with Crippen molar-refractivity contribution in [1.82, 2.24) is 0 Å². The van der Waals surface area contributed by atoms with Crippen LogP contribution in [0.5, 0.6) is 0 Å². The highest BCUT2D eigenvalue weighted by Gasteiger charge is 2.46. The van der Waals surface area contributed by atoms with Gasteiger partial charge in [-0.05, 0) is 50.4 Å². The Labute approximate surface area is 91.7 Å². The predicted octanol–water partition coefficient (Wildman–Crippen LogP) is 3.08. The van der Waals surface area contributed by atoms with Crippen LogP contribution in [0.3, 0.4) is 0 Å². The van der Waals surface area contributed by atoms with Crippen LogP contribution in [0.25, 0.3) is 0 Å². The van der Waals surface area contributed by atoms with Crippen LogP contribution in [-0.4, -0.2) is 12.6 Å². The van der Waals surface area contributed by atoms with Gasteiger partial charge in [0, 0.05) is 6.08 Å². The first-order valence-electron chi connectivity index (χ1n) is 6.03. The van der Waals surface area contributed by atoms with Crippen LogP contribution in [0, 0.1) is 11.3 Å². The largest absolute Gasteiger partial charge is 0.463 e. The third-order valence-electron chi connectivity index (χ3n) is 4.10. The first kappa shape index (κ1) is 10.7. The summed E-state index contributed by atoms with van der Waals surface area (Å²) < 4.78 is 4.97. The zero-order valence-corrected chi connectivity index (χ0v) is 9.71. The molecule has 84 valence electrons. The molecule has 0 radical (unpaired) electrons. The molecule has 2 aliphatic rings. The Bertz CT molecular complexity index is 293. The van der Waals surface area contributed by atoms with Gasteiger partial charge in [0.15, 0.2) is 0 Å². The molecular formula is C13H20O2. The van der Waals surface area contributed by atoms with Crippen molar-refractivity contribution in [2.45, 2.75) is 46.0 Å². The number of allylic oxidation sites excluding steroid dienone is 1. The highest BCUT2D eigenvalue weighted by molar-refractivity contribution is 5.83. The highest BCUT2D eigenvalue weighted by Crippen LogP contribution is 2.57. The van der Waals surface area contributed by atoms with Crippen molar-refractivity contribution in [3.8, 4) is 0 Å². The number of rotatable bonds is 2. The molecule has 2 saturated carbocycles. The van der Waals surface area contributed by atoms with Crippen molar-refractivity contribution in [2.75, 3.05) is 6.61 Å². The number of fused-ring (bicyclic) bond motifs is 1. The molecule has 0 N–H and O–H groups in total. The van der Waals surface area contributed by atoms with Crippen LogP contribution in [0.1, 0.15) is 46.0 Å². The van der Waals surface area contributed by atoms with Crippen molar-refractivity contribution in [3.63, 3.8) is 0 Å². The molecule has 0 heterocycles. The minimum Gasteiger partial charge on any atom is -0.463 e.